The van der Waals surface area contributed by atoms with Crippen LogP contribution in [-0.2, 0) is 11.1 Å². The molecule has 0 bridgehead atoms. The number of aliphatic hydroxyl groups is 2. The van der Waals surface area contributed by atoms with Crippen molar-refractivity contribution < 1.29 is 46.8 Å². The fourth-order valence-corrected chi connectivity index (χ4v) is 4.15. The lowest BCUT2D eigenvalue weighted by molar-refractivity contribution is -0.265. The predicted molar refractivity (Wildman–Crippen MR) is 135 cm³/mol. The number of nitrogens with zero attached hydrogens (tertiary/aromatic N) is 1. The topological polar surface area (TPSA) is 136 Å². The van der Waals surface area contributed by atoms with Crippen molar-refractivity contribution in [2.75, 3.05) is 33.5 Å². The number of fused-ring (bicyclic) bond motifs is 1. The first-order valence-electron chi connectivity index (χ1n) is 12.0. The maximum absolute atomic E-state index is 14.5. The van der Waals surface area contributed by atoms with E-state index >= 15 is 0 Å². The monoisotopic (exact) mass is 565 g/mol. The Balaban J connectivity index is 1.71. The summed E-state index contributed by atoms with van der Waals surface area (Å²) in [6.07, 6.45) is -5.29. The van der Waals surface area contributed by atoms with E-state index in [0.29, 0.717) is 0 Å². The summed E-state index contributed by atoms with van der Waals surface area (Å²) in [6.45, 7) is -0.121. The van der Waals surface area contributed by atoms with E-state index in [1.165, 1.54) is 37.4 Å². The van der Waals surface area contributed by atoms with Gasteiger partial charge in [0.1, 0.15) is 24.7 Å². The molecule has 2 atom stereocenters. The van der Waals surface area contributed by atoms with Crippen molar-refractivity contribution in [3.8, 4) is 28.5 Å². The number of halogens is 4. The standard InChI is InChI=1S/C27H27F4N3O6/c1-25(32)14-40-23-18(25)12-21(34-22(23)15-3-6-17(28)7-4-15)26(37,27(29,30)31)13-33-24(36)16-5-8-19(39-10-9-35)20(11-16)38-2/h3-8,11-12,35,37H,9-10,13-14,32H2,1-2H3,(H,33,36)/t25-,26+/m0/s1. The Hall–Kier alpha value is -3.94. The number of methoxy groups -OCH3 is 1. The van der Waals surface area contributed by atoms with Gasteiger partial charge in [0.15, 0.2) is 17.2 Å². The van der Waals surface area contributed by atoms with Gasteiger partial charge in [0.25, 0.3) is 5.91 Å². The second-order valence-electron chi connectivity index (χ2n) is 9.42. The average Bonchev–Trinajstić information content (AvgIpc) is 3.23. The molecule has 0 fully saturated rings. The van der Waals surface area contributed by atoms with E-state index in [2.05, 4.69) is 10.3 Å². The van der Waals surface area contributed by atoms with Crippen molar-refractivity contribution >= 4 is 5.91 Å². The number of nitrogens with one attached hydrogen (secondary N) is 1. The molecular weight excluding hydrogens is 538 g/mol. The molecule has 1 amide bonds. The molecular formula is C27H27F4N3O6. The van der Waals surface area contributed by atoms with E-state index in [-0.39, 0.29) is 59.5 Å². The second kappa shape index (κ2) is 10.9. The summed E-state index contributed by atoms with van der Waals surface area (Å²) in [4.78, 5) is 16.9. The van der Waals surface area contributed by atoms with Crippen LogP contribution in [0.4, 0.5) is 17.6 Å². The molecule has 214 valence electrons. The van der Waals surface area contributed by atoms with Gasteiger partial charge in [-0.05, 0) is 55.5 Å². The number of benzene rings is 2. The number of ether oxygens (including phenoxy) is 3. The van der Waals surface area contributed by atoms with Crippen LogP contribution in [0.25, 0.3) is 11.3 Å². The van der Waals surface area contributed by atoms with Crippen LogP contribution in [0.3, 0.4) is 0 Å². The summed E-state index contributed by atoms with van der Waals surface area (Å²) in [6, 6.07) is 9.74. The molecule has 40 heavy (non-hydrogen) atoms. The molecule has 1 aromatic heterocycles. The van der Waals surface area contributed by atoms with Gasteiger partial charge in [-0.1, -0.05) is 0 Å². The highest BCUT2D eigenvalue weighted by atomic mass is 19.4. The van der Waals surface area contributed by atoms with Gasteiger partial charge in [0.05, 0.1) is 31.5 Å². The Bertz CT molecular complexity index is 1400. The fourth-order valence-electron chi connectivity index (χ4n) is 4.15. The van der Waals surface area contributed by atoms with Crippen LogP contribution >= 0.6 is 0 Å². The number of hydrogen-bond acceptors (Lipinski definition) is 8. The average molecular weight is 566 g/mol. The number of aliphatic hydroxyl groups excluding tert-OH is 1. The molecule has 0 unspecified atom stereocenters. The first kappa shape index (κ1) is 29.1. The van der Waals surface area contributed by atoms with E-state index < -0.39 is 41.3 Å². The molecule has 1 aliphatic rings. The highest BCUT2D eigenvalue weighted by Crippen LogP contribution is 2.46. The lowest BCUT2D eigenvalue weighted by atomic mass is 9.89. The summed E-state index contributed by atoms with van der Waals surface area (Å²) in [7, 11) is 1.30. The summed E-state index contributed by atoms with van der Waals surface area (Å²) in [5, 5.41) is 22.1. The quantitative estimate of drug-likeness (QED) is 0.291. The second-order valence-corrected chi connectivity index (χ2v) is 9.42. The summed E-state index contributed by atoms with van der Waals surface area (Å²) < 4.78 is 73.0. The molecule has 5 N–H and O–H groups in total. The van der Waals surface area contributed by atoms with Crippen LogP contribution in [0.2, 0.25) is 0 Å². The zero-order valence-corrected chi connectivity index (χ0v) is 21.5. The van der Waals surface area contributed by atoms with E-state index in [9.17, 15) is 27.5 Å². The van der Waals surface area contributed by atoms with E-state index in [1.807, 2.05) is 0 Å². The molecule has 2 aromatic carbocycles. The zero-order chi connectivity index (χ0) is 29.3. The molecule has 0 saturated carbocycles. The minimum atomic E-state index is -5.29. The minimum absolute atomic E-state index is 0.0406. The predicted octanol–water partition coefficient (Wildman–Crippen LogP) is 3.01. The Morgan fingerprint density at radius 2 is 1.88 bits per heavy atom. The fraction of sp³-hybridized carbons (Fsp3) is 0.333. The lowest BCUT2D eigenvalue weighted by Crippen LogP contribution is -2.51. The maximum Gasteiger partial charge on any atom is 0.424 e. The third kappa shape index (κ3) is 5.53. The highest BCUT2D eigenvalue weighted by molar-refractivity contribution is 5.95. The number of pyridine rings is 1. The molecule has 0 spiro atoms. The van der Waals surface area contributed by atoms with E-state index in [1.54, 1.807) is 6.92 Å². The van der Waals surface area contributed by atoms with Crippen molar-refractivity contribution in [3.05, 3.63) is 71.2 Å². The molecule has 3 aromatic rings. The molecule has 13 heteroatoms. The van der Waals surface area contributed by atoms with Crippen LogP contribution in [0.15, 0.2) is 48.5 Å². The van der Waals surface area contributed by atoms with Crippen LogP contribution in [-0.4, -0.2) is 60.8 Å². The number of amides is 1. The number of rotatable bonds is 9. The van der Waals surface area contributed by atoms with Gasteiger partial charge in [-0.25, -0.2) is 9.37 Å². The number of carbonyl (C=O) groups is 1. The van der Waals surface area contributed by atoms with Gasteiger partial charge < -0.3 is 35.5 Å². The van der Waals surface area contributed by atoms with E-state index in [0.717, 1.165) is 18.2 Å². The van der Waals surface area contributed by atoms with Gasteiger partial charge in [0, 0.05) is 16.7 Å². The summed E-state index contributed by atoms with van der Waals surface area (Å²) >= 11 is 0. The van der Waals surface area contributed by atoms with Crippen molar-refractivity contribution in [1.29, 1.82) is 0 Å². The summed E-state index contributed by atoms with van der Waals surface area (Å²) in [5.41, 5.74) is 0.840. The first-order chi connectivity index (χ1) is 18.8. The Labute approximate surface area is 226 Å². The number of alkyl halides is 3. The first-order valence-corrected chi connectivity index (χ1v) is 12.0. The molecule has 0 aliphatic carbocycles. The van der Waals surface area contributed by atoms with Crippen LogP contribution in [0.1, 0.15) is 28.5 Å². The summed E-state index contributed by atoms with van der Waals surface area (Å²) in [5.74, 6) is -1.08. The van der Waals surface area contributed by atoms with Crippen LogP contribution in [0, 0.1) is 5.82 Å². The van der Waals surface area contributed by atoms with Gasteiger partial charge >= 0.3 is 6.18 Å². The number of hydrogen-bond donors (Lipinski definition) is 4. The Morgan fingerprint density at radius 3 is 2.50 bits per heavy atom. The molecule has 1 aliphatic heterocycles. The molecule has 2 heterocycles. The molecule has 9 nitrogen and oxygen atoms in total. The van der Waals surface area contributed by atoms with Crippen molar-refractivity contribution in [2.45, 2.75) is 24.2 Å². The van der Waals surface area contributed by atoms with Crippen molar-refractivity contribution in [2.24, 2.45) is 5.73 Å². The lowest BCUT2D eigenvalue weighted by Gasteiger charge is -2.31. The van der Waals surface area contributed by atoms with Gasteiger partial charge in [-0.2, -0.15) is 13.2 Å². The minimum Gasteiger partial charge on any atom is -0.493 e. The smallest absolute Gasteiger partial charge is 0.424 e. The number of aromatic nitrogens is 1. The third-order valence-electron chi connectivity index (χ3n) is 6.39. The normalized spacial score (nSPS) is 17.9. The van der Waals surface area contributed by atoms with Gasteiger partial charge in [0.2, 0.25) is 5.60 Å². The van der Waals surface area contributed by atoms with E-state index in [4.69, 9.17) is 25.1 Å². The van der Waals surface area contributed by atoms with Crippen molar-refractivity contribution in [3.63, 3.8) is 0 Å². The van der Waals surface area contributed by atoms with Crippen LogP contribution in [0.5, 0.6) is 17.2 Å². The largest absolute Gasteiger partial charge is 0.493 e. The Morgan fingerprint density at radius 1 is 1.18 bits per heavy atom. The zero-order valence-electron chi connectivity index (χ0n) is 21.5. The van der Waals surface area contributed by atoms with Gasteiger partial charge in [-0.3, -0.25) is 4.79 Å². The Kier molecular flexibility index (Phi) is 7.92. The van der Waals surface area contributed by atoms with Crippen molar-refractivity contribution in [1.82, 2.24) is 10.3 Å². The number of carbonyl (C=O) groups excluding carboxylic acids is 1. The number of nitrogens with two attached hydrogens (primary N) is 1. The molecule has 4 rings (SSSR count). The molecule has 0 radical (unpaired) electrons. The van der Waals surface area contributed by atoms with Gasteiger partial charge in [-0.15, -0.1) is 0 Å². The maximum atomic E-state index is 14.5. The SMILES string of the molecule is COc1cc(C(=O)NC[C@@](O)(c2cc3c(c(-c4ccc(F)cc4)n2)OC[C@]3(C)N)C(F)(F)F)ccc1OCCO. The molecule has 0 saturated heterocycles. The third-order valence-corrected chi connectivity index (χ3v) is 6.39. The highest BCUT2D eigenvalue weighted by Gasteiger charge is 2.57. The van der Waals surface area contributed by atoms with Crippen LogP contribution < -0.4 is 25.3 Å².